The first kappa shape index (κ1) is 17.3. The molecule has 3 aromatic rings. The predicted molar refractivity (Wildman–Crippen MR) is 105 cm³/mol. The van der Waals surface area contributed by atoms with E-state index in [0.29, 0.717) is 19.5 Å². The van der Waals surface area contributed by atoms with Crippen LogP contribution in [0, 0.1) is 0 Å². The summed E-state index contributed by atoms with van der Waals surface area (Å²) >= 11 is 0. The molecular weight excluding hydrogens is 338 g/mol. The first-order valence-corrected chi connectivity index (χ1v) is 9.29. The van der Waals surface area contributed by atoms with Crippen molar-refractivity contribution in [2.75, 3.05) is 6.54 Å². The van der Waals surface area contributed by atoms with E-state index in [0.717, 1.165) is 22.9 Å². The van der Waals surface area contributed by atoms with Crippen molar-refractivity contribution in [2.45, 2.75) is 32.4 Å². The number of carbonyl (C=O) groups excluding carboxylic acids is 2. The number of amides is 2. The summed E-state index contributed by atoms with van der Waals surface area (Å²) in [5, 5.41) is 3.95. The first-order valence-electron chi connectivity index (χ1n) is 9.29. The lowest BCUT2D eigenvalue weighted by molar-refractivity contribution is -0.136. The number of aromatic nitrogens is 1. The fourth-order valence-electron chi connectivity index (χ4n) is 3.87. The molecule has 0 saturated heterocycles. The maximum atomic E-state index is 13.2. The highest BCUT2D eigenvalue weighted by atomic mass is 16.2. The van der Waals surface area contributed by atoms with E-state index in [-0.39, 0.29) is 11.8 Å². The van der Waals surface area contributed by atoms with Crippen LogP contribution in [-0.4, -0.2) is 34.3 Å². The molecule has 1 aromatic heterocycles. The maximum absolute atomic E-state index is 13.2. The van der Waals surface area contributed by atoms with Gasteiger partial charge in [-0.1, -0.05) is 42.5 Å². The molecule has 0 aliphatic carbocycles. The fourth-order valence-corrected chi connectivity index (χ4v) is 3.87. The monoisotopic (exact) mass is 361 g/mol. The Hall–Kier alpha value is -3.08. The number of nitrogens with one attached hydrogen (secondary N) is 2. The summed E-state index contributed by atoms with van der Waals surface area (Å²) in [6, 6.07) is 15.7. The zero-order valence-electron chi connectivity index (χ0n) is 15.4. The quantitative estimate of drug-likeness (QED) is 0.750. The molecule has 1 aliphatic heterocycles. The minimum absolute atomic E-state index is 0.0232. The molecule has 2 aromatic carbocycles. The molecule has 0 fully saturated rings. The number of H-pyrrole nitrogens is 1. The number of carbonyl (C=O) groups is 2. The molecule has 138 valence electrons. The molecular formula is C22H23N3O2. The van der Waals surface area contributed by atoms with Gasteiger partial charge in [0.05, 0.1) is 0 Å². The standard InChI is InChI=1S/C22H23N3O2/c1-15(26)24-21(12-18-13-23-20-9-5-4-8-19(18)20)22(27)25-11-10-16-6-2-3-7-17(16)14-25/h2-9,13,21,23H,10-12,14H2,1H3,(H,24,26)/t21-/m0/s1. The second-order valence-electron chi connectivity index (χ2n) is 7.10. The van der Waals surface area contributed by atoms with Gasteiger partial charge in [-0.3, -0.25) is 9.59 Å². The molecule has 0 saturated carbocycles. The summed E-state index contributed by atoms with van der Waals surface area (Å²) in [4.78, 5) is 30.0. The van der Waals surface area contributed by atoms with Crippen LogP contribution < -0.4 is 5.32 Å². The van der Waals surface area contributed by atoms with Gasteiger partial charge in [-0.15, -0.1) is 0 Å². The van der Waals surface area contributed by atoms with Crippen LogP contribution in [0.1, 0.15) is 23.6 Å². The highest BCUT2D eigenvalue weighted by Gasteiger charge is 2.28. The molecule has 2 amide bonds. The highest BCUT2D eigenvalue weighted by molar-refractivity contribution is 5.89. The summed E-state index contributed by atoms with van der Waals surface area (Å²) in [5.74, 6) is -0.212. The maximum Gasteiger partial charge on any atom is 0.245 e. The highest BCUT2D eigenvalue weighted by Crippen LogP contribution is 2.22. The summed E-state index contributed by atoms with van der Waals surface area (Å²) < 4.78 is 0. The van der Waals surface area contributed by atoms with Crippen molar-refractivity contribution in [2.24, 2.45) is 0 Å². The van der Waals surface area contributed by atoms with Crippen LogP contribution in [0.5, 0.6) is 0 Å². The van der Waals surface area contributed by atoms with E-state index in [1.165, 1.54) is 18.1 Å². The Morgan fingerprint density at radius 3 is 2.67 bits per heavy atom. The van der Waals surface area contributed by atoms with Crippen LogP contribution in [0.25, 0.3) is 10.9 Å². The Bertz CT molecular complexity index is 992. The van der Waals surface area contributed by atoms with Crippen LogP contribution in [0.4, 0.5) is 0 Å². The second-order valence-corrected chi connectivity index (χ2v) is 7.10. The minimum Gasteiger partial charge on any atom is -0.361 e. The van der Waals surface area contributed by atoms with E-state index in [1.54, 1.807) is 0 Å². The minimum atomic E-state index is -0.563. The Balaban J connectivity index is 1.57. The largest absolute Gasteiger partial charge is 0.361 e. The number of fused-ring (bicyclic) bond motifs is 2. The topological polar surface area (TPSA) is 65.2 Å². The van der Waals surface area contributed by atoms with Gasteiger partial charge in [0.2, 0.25) is 11.8 Å². The van der Waals surface area contributed by atoms with Gasteiger partial charge in [0, 0.05) is 43.5 Å². The van der Waals surface area contributed by atoms with E-state index in [9.17, 15) is 9.59 Å². The summed E-state index contributed by atoms with van der Waals surface area (Å²) in [5.41, 5.74) is 4.56. The van der Waals surface area contributed by atoms with E-state index < -0.39 is 6.04 Å². The van der Waals surface area contributed by atoms with E-state index in [2.05, 4.69) is 22.4 Å². The zero-order valence-corrected chi connectivity index (χ0v) is 15.4. The number of hydrogen-bond donors (Lipinski definition) is 2. The van der Waals surface area contributed by atoms with Crippen LogP contribution >= 0.6 is 0 Å². The van der Waals surface area contributed by atoms with Crippen LogP contribution in [0.2, 0.25) is 0 Å². The average Bonchev–Trinajstić information content (AvgIpc) is 3.09. The average molecular weight is 361 g/mol. The van der Waals surface area contributed by atoms with Gasteiger partial charge in [0.25, 0.3) is 0 Å². The second kappa shape index (κ2) is 7.27. The molecule has 2 N–H and O–H groups in total. The molecule has 0 bridgehead atoms. The molecule has 1 atom stereocenters. The molecule has 0 unspecified atom stereocenters. The lowest BCUT2D eigenvalue weighted by Crippen LogP contribution is -2.50. The van der Waals surface area contributed by atoms with Gasteiger partial charge in [-0.05, 0) is 29.2 Å². The van der Waals surface area contributed by atoms with Crippen molar-refractivity contribution in [3.63, 3.8) is 0 Å². The molecule has 27 heavy (non-hydrogen) atoms. The van der Waals surface area contributed by atoms with Crippen molar-refractivity contribution in [3.8, 4) is 0 Å². The van der Waals surface area contributed by atoms with Gasteiger partial charge < -0.3 is 15.2 Å². The Morgan fingerprint density at radius 2 is 1.85 bits per heavy atom. The molecule has 2 heterocycles. The van der Waals surface area contributed by atoms with Crippen molar-refractivity contribution in [1.82, 2.24) is 15.2 Å². The fraction of sp³-hybridized carbons (Fsp3) is 0.273. The zero-order chi connectivity index (χ0) is 18.8. The summed E-state index contributed by atoms with van der Waals surface area (Å²) in [6.45, 7) is 2.74. The number of benzene rings is 2. The van der Waals surface area contributed by atoms with Gasteiger partial charge >= 0.3 is 0 Å². The molecule has 0 radical (unpaired) electrons. The van der Waals surface area contributed by atoms with E-state index in [4.69, 9.17) is 0 Å². The first-order chi connectivity index (χ1) is 13.1. The third-order valence-electron chi connectivity index (χ3n) is 5.22. The van der Waals surface area contributed by atoms with Crippen LogP contribution in [0.3, 0.4) is 0 Å². The summed E-state index contributed by atoms with van der Waals surface area (Å²) in [7, 11) is 0. The third kappa shape index (κ3) is 3.58. The molecule has 5 heteroatoms. The third-order valence-corrected chi connectivity index (χ3v) is 5.22. The number of para-hydroxylation sites is 1. The SMILES string of the molecule is CC(=O)N[C@@H](Cc1c[nH]c2ccccc12)C(=O)N1CCc2ccccc2C1. The van der Waals surface area contributed by atoms with Crippen LogP contribution in [0.15, 0.2) is 54.7 Å². The van der Waals surface area contributed by atoms with Gasteiger partial charge in [0.1, 0.15) is 6.04 Å². The number of hydrogen-bond acceptors (Lipinski definition) is 2. The Kier molecular flexibility index (Phi) is 4.67. The molecule has 1 aliphatic rings. The van der Waals surface area contributed by atoms with E-state index in [1.807, 2.05) is 47.5 Å². The lowest BCUT2D eigenvalue weighted by atomic mass is 9.98. The van der Waals surface area contributed by atoms with Crippen LogP contribution in [-0.2, 0) is 29.0 Å². The predicted octanol–water partition coefficient (Wildman–Crippen LogP) is 2.80. The Labute approximate surface area is 158 Å². The van der Waals surface area contributed by atoms with Gasteiger partial charge in [0.15, 0.2) is 0 Å². The number of nitrogens with zero attached hydrogens (tertiary/aromatic N) is 1. The number of rotatable bonds is 4. The smallest absolute Gasteiger partial charge is 0.245 e. The van der Waals surface area contributed by atoms with Crippen molar-refractivity contribution in [1.29, 1.82) is 0 Å². The van der Waals surface area contributed by atoms with Crippen molar-refractivity contribution >= 4 is 22.7 Å². The van der Waals surface area contributed by atoms with E-state index >= 15 is 0 Å². The molecule has 4 rings (SSSR count). The number of aromatic amines is 1. The summed E-state index contributed by atoms with van der Waals surface area (Å²) in [6.07, 6.45) is 3.25. The van der Waals surface area contributed by atoms with Gasteiger partial charge in [-0.2, -0.15) is 0 Å². The molecule has 5 nitrogen and oxygen atoms in total. The lowest BCUT2D eigenvalue weighted by Gasteiger charge is -2.32. The van der Waals surface area contributed by atoms with Crippen molar-refractivity contribution < 1.29 is 9.59 Å². The molecule has 0 spiro atoms. The van der Waals surface area contributed by atoms with Crippen molar-refractivity contribution in [3.05, 3.63) is 71.4 Å². The van der Waals surface area contributed by atoms with Gasteiger partial charge in [-0.25, -0.2) is 0 Å². The normalized spacial score (nSPS) is 14.6. The Morgan fingerprint density at radius 1 is 1.11 bits per heavy atom.